The molecule has 5 heteroatoms. The van der Waals surface area contributed by atoms with Crippen LogP contribution in [0.3, 0.4) is 0 Å². The normalized spacial score (nSPS) is 4.44. The lowest BCUT2D eigenvalue weighted by Gasteiger charge is -1.70. The highest BCUT2D eigenvalue weighted by molar-refractivity contribution is 5.49. The molecule has 0 aliphatic rings. The number of aliphatic hydroxyl groups excluding tert-OH is 1. The number of nitrogens with zero attached hydrogens (tertiary/aromatic N) is 1. The molecule has 3 N–H and O–H groups in total. The summed E-state index contributed by atoms with van der Waals surface area (Å²) in [5, 5.41) is 11.4. The summed E-state index contributed by atoms with van der Waals surface area (Å²) in [5.41, 5.74) is 14.6. The molecule has 120 valence electrons. The van der Waals surface area contributed by atoms with E-state index in [4.69, 9.17) is 10.8 Å². The summed E-state index contributed by atoms with van der Waals surface area (Å²) in [5.74, 6) is 30.2. The van der Waals surface area contributed by atoms with Crippen LogP contribution in [0.25, 0.3) is 0 Å². The predicted molar refractivity (Wildman–Crippen MR) is 96.6 cm³/mol. The SMILES string of the molecule is NC=C=C=C=C=C=NOC#CC#CC#CC#CC#COC#CC#CC#CO. The topological polar surface area (TPSA) is 77.1 Å². The molecule has 0 aromatic heterocycles. The minimum Gasteiger partial charge on any atom is -0.461 e. The molecule has 0 aliphatic heterocycles. The molecule has 0 aromatic carbocycles. The third-order valence-corrected chi connectivity index (χ3v) is 1.41. The summed E-state index contributed by atoms with van der Waals surface area (Å²) in [4.78, 5) is 4.48. The molecule has 0 saturated heterocycles. The van der Waals surface area contributed by atoms with Crippen molar-refractivity contribution in [1.82, 2.24) is 0 Å². The maximum absolute atomic E-state index is 8.11. The third-order valence-electron chi connectivity index (χ3n) is 1.41. The fourth-order valence-electron chi connectivity index (χ4n) is 0.659. The van der Waals surface area contributed by atoms with Gasteiger partial charge in [-0.3, -0.25) is 4.84 Å². The van der Waals surface area contributed by atoms with Crippen molar-refractivity contribution in [3.63, 3.8) is 0 Å². The number of rotatable bonds is 1. The van der Waals surface area contributed by atoms with Gasteiger partial charge in [0.25, 0.3) is 0 Å². The summed E-state index contributed by atoms with van der Waals surface area (Å²) in [6.45, 7) is 0. The standard InChI is InChI=1S/C22H4N2O3/c23-17-11-5-6-12-18-24-27-22-16-9-4-2-1-3-8-14-20-26-21-15-10-7-13-19-25/h17,25H,23H2. The van der Waals surface area contributed by atoms with E-state index in [1.54, 1.807) is 6.11 Å². The van der Waals surface area contributed by atoms with E-state index in [1.807, 2.05) is 0 Å². The van der Waals surface area contributed by atoms with Gasteiger partial charge in [-0.15, -0.1) is 0 Å². The molecule has 0 aliphatic carbocycles. The van der Waals surface area contributed by atoms with Gasteiger partial charge >= 0.3 is 0 Å². The van der Waals surface area contributed by atoms with Crippen LogP contribution in [0.5, 0.6) is 0 Å². The van der Waals surface area contributed by atoms with Crippen LogP contribution in [0.15, 0.2) is 34.3 Å². The Morgan fingerprint density at radius 1 is 0.667 bits per heavy atom. The fourth-order valence-corrected chi connectivity index (χ4v) is 0.659. The van der Waals surface area contributed by atoms with Gasteiger partial charge in [-0.2, -0.15) is 0 Å². The van der Waals surface area contributed by atoms with Gasteiger partial charge in [0.2, 0.25) is 0 Å². The van der Waals surface area contributed by atoms with E-state index in [-0.39, 0.29) is 0 Å². The average Bonchev–Trinajstić information content (AvgIpc) is 2.68. The van der Waals surface area contributed by atoms with Gasteiger partial charge in [0, 0.05) is 88.7 Å². The molecule has 27 heavy (non-hydrogen) atoms. The maximum Gasteiger partial charge on any atom is 0.164 e. The van der Waals surface area contributed by atoms with E-state index in [9.17, 15) is 0 Å². The highest BCUT2D eigenvalue weighted by atomic mass is 16.6. The molecular formula is C22H4N2O3. The van der Waals surface area contributed by atoms with Crippen molar-refractivity contribution in [3.05, 3.63) is 29.1 Å². The van der Waals surface area contributed by atoms with Crippen LogP contribution < -0.4 is 5.73 Å². The zero-order valence-electron chi connectivity index (χ0n) is 13.4. The minimum absolute atomic E-state index is 1.16. The molecule has 0 rings (SSSR count). The molecule has 0 spiro atoms. The summed E-state index contributed by atoms with van der Waals surface area (Å²) in [6.07, 6.45) is 9.29. The van der Waals surface area contributed by atoms with Crippen molar-refractivity contribution >= 4 is 5.87 Å². The van der Waals surface area contributed by atoms with Gasteiger partial charge in [0.1, 0.15) is 18.3 Å². The van der Waals surface area contributed by atoms with Gasteiger partial charge in [0.15, 0.2) is 6.11 Å². The van der Waals surface area contributed by atoms with Crippen molar-refractivity contribution in [2.75, 3.05) is 0 Å². The summed E-state index contributed by atoms with van der Waals surface area (Å²) in [6, 6.07) is 0. The Bertz CT molecular complexity index is 1260. The van der Waals surface area contributed by atoms with Crippen LogP contribution in [0.2, 0.25) is 0 Å². The van der Waals surface area contributed by atoms with E-state index in [0.29, 0.717) is 0 Å². The summed E-state index contributed by atoms with van der Waals surface area (Å²) < 4.78 is 4.56. The molecule has 0 heterocycles. The first-order valence-corrected chi connectivity index (χ1v) is 6.36. The van der Waals surface area contributed by atoms with Crippen LogP contribution in [0, 0.1) is 95.5 Å². The molecular weight excluding hydrogens is 340 g/mol. The third kappa shape index (κ3) is 20.2. The molecule has 0 amide bonds. The first-order chi connectivity index (χ1) is 13.4. The molecule has 0 fully saturated rings. The van der Waals surface area contributed by atoms with Crippen LogP contribution in [0.4, 0.5) is 0 Å². The lowest BCUT2D eigenvalue weighted by atomic mass is 10.5. The zero-order valence-corrected chi connectivity index (χ0v) is 13.4. The molecule has 0 bridgehead atoms. The molecule has 0 atom stereocenters. The molecule has 0 radical (unpaired) electrons. The largest absolute Gasteiger partial charge is 0.461 e. The minimum atomic E-state index is 1.16. The number of aliphatic hydroxyl groups is 1. The number of hydrogen-bond acceptors (Lipinski definition) is 5. The van der Waals surface area contributed by atoms with Gasteiger partial charge < -0.3 is 15.6 Å². The Balaban J connectivity index is 4.34. The van der Waals surface area contributed by atoms with E-state index in [0.717, 1.165) is 6.20 Å². The second kappa shape index (κ2) is 20.2. The van der Waals surface area contributed by atoms with Crippen molar-refractivity contribution in [2.45, 2.75) is 0 Å². The number of ether oxygens (including phenoxy) is 1. The average molecular weight is 344 g/mol. The van der Waals surface area contributed by atoms with Gasteiger partial charge in [-0.1, -0.05) is 0 Å². The molecule has 0 unspecified atom stereocenters. The van der Waals surface area contributed by atoms with Crippen molar-refractivity contribution < 1.29 is 14.7 Å². The lowest BCUT2D eigenvalue weighted by Crippen LogP contribution is -1.68. The van der Waals surface area contributed by atoms with Crippen molar-refractivity contribution in [3.8, 4) is 95.5 Å². The van der Waals surface area contributed by atoms with E-state index < -0.39 is 0 Å². The van der Waals surface area contributed by atoms with E-state index in [2.05, 4.69) is 133 Å². The van der Waals surface area contributed by atoms with Gasteiger partial charge in [0.05, 0.1) is 5.87 Å². The Kier molecular flexibility index (Phi) is 15.9. The van der Waals surface area contributed by atoms with Gasteiger partial charge in [-0.05, 0) is 16.6 Å². The van der Waals surface area contributed by atoms with Crippen LogP contribution in [-0.2, 0) is 9.57 Å². The van der Waals surface area contributed by atoms with Crippen LogP contribution in [-0.4, -0.2) is 11.0 Å². The van der Waals surface area contributed by atoms with Crippen molar-refractivity contribution in [1.29, 1.82) is 0 Å². The monoisotopic (exact) mass is 344 g/mol. The summed E-state index contributed by atoms with van der Waals surface area (Å²) >= 11 is 0. The quantitative estimate of drug-likeness (QED) is 0.302. The highest BCUT2D eigenvalue weighted by Crippen LogP contribution is 1.66. The van der Waals surface area contributed by atoms with E-state index >= 15 is 0 Å². The maximum atomic E-state index is 8.11. The zero-order chi connectivity index (χ0) is 19.7. The summed E-state index contributed by atoms with van der Waals surface area (Å²) in [7, 11) is 0. The second-order valence-corrected chi connectivity index (χ2v) is 3.00. The van der Waals surface area contributed by atoms with E-state index in [1.165, 1.54) is 0 Å². The Morgan fingerprint density at radius 2 is 1.22 bits per heavy atom. The second-order valence-electron chi connectivity index (χ2n) is 3.00. The lowest BCUT2D eigenvalue weighted by molar-refractivity contribution is 0.302. The smallest absolute Gasteiger partial charge is 0.164 e. The molecule has 0 aromatic rings. The first kappa shape index (κ1) is 21.2. The predicted octanol–water partition coefficient (Wildman–Crippen LogP) is -0.0732. The Morgan fingerprint density at radius 3 is 1.81 bits per heavy atom. The molecule has 0 saturated carbocycles. The van der Waals surface area contributed by atoms with Crippen LogP contribution >= 0.6 is 0 Å². The Labute approximate surface area is 156 Å². The Hall–Kier alpha value is -5.75. The fraction of sp³-hybridized carbons (Fsp3) is 0. The first-order valence-electron chi connectivity index (χ1n) is 6.36. The van der Waals surface area contributed by atoms with Gasteiger partial charge in [-0.25, -0.2) is 0 Å². The number of nitrogens with two attached hydrogens (primary N) is 1. The van der Waals surface area contributed by atoms with Crippen LogP contribution in [0.1, 0.15) is 0 Å². The highest BCUT2D eigenvalue weighted by Gasteiger charge is 1.63. The molecule has 5 nitrogen and oxygen atoms in total. The van der Waals surface area contributed by atoms with Crippen molar-refractivity contribution in [2.24, 2.45) is 10.9 Å². The number of hydrogen-bond donors (Lipinski definition) is 2.